The van der Waals surface area contributed by atoms with Gasteiger partial charge in [-0.15, -0.1) is 0 Å². The molecule has 0 spiro atoms. The minimum Gasteiger partial charge on any atom is -0.381 e. The van der Waals surface area contributed by atoms with Crippen molar-refractivity contribution in [1.82, 2.24) is 0 Å². The second-order valence-corrected chi connectivity index (χ2v) is 5.84. The summed E-state index contributed by atoms with van der Waals surface area (Å²) in [7, 11) is 0. The van der Waals surface area contributed by atoms with Crippen molar-refractivity contribution in [3.63, 3.8) is 0 Å². The highest BCUT2D eigenvalue weighted by atomic mass is 16.5. The molecule has 2 aromatic carbocycles. The summed E-state index contributed by atoms with van der Waals surface area (Å²) in [5.41, 5.74) is 2.78. The van der Waals surface area contributed by atoms with E-state index in [1.807, 2.05) is 0 Å². The van der Waals surface area contributed by atoms with E-state index in [-0.39, 0.29) is 0 Å². The van der Waals surface area contributed by atoms with Crippen LogP contribution in [0.25, 0.3) is 0 Å². The van der Waals surface area contributed by atoms with Gasteiger partial charge < -0.3 is 4.74 Å². The normalized spacial score (nSPS) is 13.8. The van der Waals surface area contributed by atoms with Crippen LogP contribution in [0, 0.1) is 0 Å². The second-order valence-electron chi connectivity index (χ2n) is 5.84. The summed E-state index contributed by atoms with van der Waals surface area (Å²) in [4.78, 5) is 0. The van der Waals surface area contributed by atoms with Crippen LogP contribution in [-0.2, 0) is 4.74 Å². The average molecular weight is 282 g/mol. The molecule has 0 heterocycles. The van der Waals surface area contributed by atoms with E-state index < -0.39 is 0 Å². The van der Waals surface area contributed by atoms with Crippen LogP contribution in [-0.4, -0.2) is 13.2 Å². The molecule has 2 unspecified atom stereocenters. The van der Waals surface area contributed by atoms with E-state index in [9.17, 15) is 0 Å². The third kappa shape index (κ3) is 5.35. The molecular formula is C20H26O. The molecule has 0 saturated heterocycles. The molecule has 2 aromatic rings. The van der Waals surface area contributed by atoms with Gasteiger partial charge >= 0.3 is 0 Å². The first-order valence-corrected chi connectivity index (χ1v) is 7.95. The van der Waals surface area contributed by atoms with Gasteiger partial charge in [0.25, 0.3) is 0 Å². The average Bonchev–Trinajstić information content (AvgIpc) is 2.55. The van der Waals surface area contributed by atoms with E-state index >= 15 is 0 Å². The van der Waals surface area contributed by atoms with Gasteiger partial charge in [-0.2, -0.15) is 0 Å². The van der Waals surface area contributed by atoms with Gasteiger partial charge in [-0.3, -0.25) is 0 Å². The number of benzene rings is 2. The molecule has 0 aliphatic carbocycles. The molecule has 0 radical (unpaired) electrons. The number of ether oxygens (including phenoxy) is 1. The fourth-order valence-corrected chi connectivity index (χ4v) is 2.58. The van der Waals surface area contributed by atoms with Gasteiger partial charge in [0, 0.05) is 12.5 Å². The zero-order valence-corrected chi connectivity index (χ0v) is 13.2. The van der Waals surface area contributed by atoms with Gasteiger partial charge in [0.2, 0.25) is 0 Å². The van der Waals surface area contributed by atoms with E-state index in [4.69, 9.17) is 4.74 Å². The Labute approximate surface area is 129 Å². The van der Waals surface area contributed by atoms with Crippen LogP contribution >= 0.6 is 0 Å². The number of hydrogen-bond donors (Lipinski definition) is 0. The van der Waals surface area contributed by atoms with E-state index in [0.29, 0.717) is 11.8 Å². The number of hydrogen-bond acceptors (Lipinski definition) is 1. The smallest absolute Gasteiger partial charge is 0.0532 e. The predicted molar refractivity (Wildman–Crippen MR) is 89.8 cm³/mol. The van der Waals surface area contributed by atoms with E-state index in [0.717, 1.165) is 19.6 Å². The van der Waals surface area contributed by atoms with Crippen LogP contribution in [0.4, 0.5) is 0 Å². The van der Waals surface area contributed by atoms with Crippen molar-refractivity contribution in [2.24, 2.45) is 0 Å². The van der Waals surface area contributed by atoms with Crippen molar-refractivity contribution >= 4 is 0 Å². The first-order chi connectivity index (χ1) is 10.3. The quantitative estimate of drug-likeness (QED) is 0.590. The Hall–Kier alpha value is -1.60. The van der Waals surface area contributed by atoms with Crippen molar-refractivity contribution in [2.45, 2.75) is 38.5 Å². The highest BCUT2D eigenvalue weighted by molar-refractivity contribution is 5.19. The summed E-state index contributed by atoms with van der Waals surface area (Å²) in [5, 5.41) is 0. The fourth-order valence-electron chi connectivity index (χ4n) is 2.58. The van der Waals surface area contributed by atoms with Crippen molar-refractivity contribution in [3.05, 3.63) is 71.8 Å². The SMILES string of the molecule is CC(CCCOCC(C)c1ccccc1)c1ccccc1. The Morgan fingerprint density at radius 3 is 1.86 bits per heavy atom. The Bertz CT molecular complexity index is 444. The lowest BCUT2D eigenvalue weighted by Gasteiger charge is -2.14. The minimum atomic E-state index is 0.470. The summed E-state index contributed by atoms with van der Waals surface area (Å²) in [6.45, 7) is 6.18. The van der Waals surface area contributed by atoms with Crippen molar-refractivity contribution < 1.29 is 4.74 Å². The third-order valence-corrected chi connectivity index (χ3v) is 4.03. The summed E-state index contributed by atoms with van der Waals surface area (Å²) in [5.74, 6) is 1.08. The van der Waals surface area contributed by atoms with Crippen molar-refractivity contribution in [1.29, 1.82) is 0 Å². The third-order valence-electron chi connectivity index (χ3n) is 4.03. The molecule has 0 amide bonds. The topological polar surface area (TPSA) is 9.23 Å². The molecule has 2 atom stereocenters. The first kappa shape index (κ1) is 15.8. The van der Waals surface area contributed by atoms with Crippen LogP contribution in [0.5, 0.6) is 0 Å². The molecule has 1 heteroatoms. The predicted octanol–water partition coefficient (Wildman–Crippen LogP) is 5.39. The largest absolute Gasteiger partial charge is 0.381 e. The lowest BCUT2D eigenvalue weighted by Crippen LogP contribution is -2.06. The summed E-state index contributed by atoms with van der Waals surface area (Å²) >= 11 is 0. The molecule has 0 aromatic heterocycles. The highest BCUT2D eigenvalue weighted by Gasteiger charge is 2.06. The second kappa shape index (κ2) is 8.63. The maximum atomic E-state index is 5.84. The molecule has 0 aliphatic heterocycles. The Morgan fingerprint density at radius 1 is 0.762 bits per heavy atom. The molecule has 0 aliphatic rings. The Kier molecular flexibility index (Phi) is 6.49. The molecule has 0 N–H and O–H groups in total. The summed E-state index contributed by atoms with van der Waals surface area (Å²) < 4.78 is 5.84. The number of rotatable bonds is 8. The molecule has 112 valence electrons. The molecule has 1 nitrogen and oxygen atoms in total. The van der Waals surface area contributed by atoms with Crippen LogP contribution in [0.3, 0.4) is 0 Å². The molecular weight excluding hydrogens is 256 g/mol. The fraction of sp³-hybridized carbons (Fsp3) is 0.400. The maximum Gasteiger partial charge on any atom is 0.0532 e. The zero-order valence-electron chi connectivity index (χ0n) is 13.2. The Morgan fingerprint density at radius 2 is 1.29 bits per heavy atom. The monoisotopic (exact) mass is 282 g/mol. The van der Waals surface area contributed by atoms with Crippen LogP contribution < -0.4 is 0 Å². The van der Waals surface area contributed by atoms with Gasteiger partial charge in [0.1, 0.15) is 0 Å². The van der Waals surface area contributed by atoms with Crippen LogP contribution in [0.1, 0.15) is 49.7 Å². The standard InChI is InChI=1S/C20H26O/c1-17(19-11-5-3-6-12-19)10-9-15-21-16-18(2)20-13-7-4-8-14-20/h3-8,11-14,17-18H,9-10,15-16H2,1-2H3. The summed E-state index contributed by atoms with van der Waals surface area (Å²) in [6.07, 6.45) is 2.31. The first-order valence-electron chi connectivity index (χ1n) is 7.95. The van der Waals surface area contributed by atoms with E-state index in [2.05, 4.69) is 74.5 Å². The highest BCUT2D eigenvalue weighted by Crippen LogP contribution is 2.20. The van der Waals surface area contributed by atoms with Gasteiger partial charge in [0.05, 0.1) is 6.61 Å². The van der Waals surface area contributed by atoms with Crippen molar-refractivity contribution in [3.8, 4) is 0 Å². The molecule has 0 bridgehead atoms. The van der Waals surface area contributed by atoms with Crippen molar-refractivity contribution in [2.75, 3.05) is 13.2 Å². The molecule has 2 rings (SSSR count). The van der Waals surface area contributed by atoms with Gasteiger partial charge in [-0.05, 0) is 29.9 Å². The molecule has 0 fully saturated rings. The van der Waals surface area contributed by atoms with Crippen LogP contribution in [0.2, 0.25) is 0 Å². The molecule has 21 heavy (non-hydrogen) atoms. The van der Waals surface area contributed by atoms with E-state index in [1.54, 1.807) is 0 Å². The lowest BCUT2D eigenvalue weighted by molar-refractivity contribution is 0.119. The molecule has 0 saturated carbocycles. The van der Waals surface area contributed by atoms with E-state index in [1.165, 1.54) is 17.5 Å². The Balaban J connectivity index is 1.62. The zero-order chi connectivity index (χ0) is 14.9. The minimum absolute atomic E-state index is 0.470. The van der Waals surface area contributed by atoms with Crippen LogP contribution in [0.15, 0.2) is 60.7 Å². The maximum absolute atomic E-state index is 5.84. The lowest BCUT2D eigenvalue weighted by atomic mass is 9.96. The van der Waals surface area contributed by atoms with Gasteiger partial charge in [-0.1, -0.05) is 74.5 Å². The summed E-state index contributed by atoms with van der Waals surface area (Å²) in [6, 6.07) is 21.3. The van der Waals surface area contributed by atoms with Gasteiger partial charge in [0.15, 0.2) is 0 Å². The van der Waals surface area contributed by atoms with Gasteiger partial charge in [-0.25, -0.2) is 0 Å².